The molecule has 144 valence electrons. The van der Waals surface area contributed by atoms with Crippen molar-refractivity contribution in [2.45, 2.75) is 12.2 Å². The number of aromatic nitrogens is 1. The number of amides is 1. The number of nitrogens with zero attached hydrogens (tertiary/aromatic N) is 1. The molecule has 1 aromatic carbocycles. The predicted octanol–water partition coefficient (Wildman–Crippen LogP) is -0.0554. The number of carboxylic acid groups (broad SMARTS) is 1. The number of alkyl halides is 1. The number of benzene rings is 1. The molecule has 27 heavy (non-hydrogen) atoms. The van der Waals surface area contributed by atoms with Crippen molar-refractivity contribution in [2.75, 3.05) is 13.1 Å². The Kier molecular flexibility index (Phi) is 5.00. The van der Waals surface area contributed by atoms with Crippen LogP contribution in [-0.2, 0) is 10.2 Å². The van der Waals surface area contributed by atoms with Gasteiger partial charge in [-0.1, -0.05) is 12.1 Å². The summed E-state index contributed by atoms with van der Waals surface area (Å²) in [4.78, 5) is 23.7. The highest BCUT2D eigenvalue weighted by molar-refractivity contribution is 7.87. The van der Waals surface area contributed by atoms with Gasteiger partial charge in [0.05, 0.1) is 6.04 Å². The Labute approximate surface area is 154 Å². The maximum atomic E-state index is 13.6. The van der Waals surface area contributed by atoms with E-state index in [0.29, 0.717) is 16.1 Å². The van der Waals surface area contributed by atoms with Crippen LogP contribution in [0.5, 0.6) is 0 Å². The number of carbonyl (C=O) groups is 2. The van der Waals surface area contributed by atoms with Gasteiger partial charge in [-0.2, -0.15) is 8.42 Å². The molecule has 1 aliphatic rings. The Bertz CT molecular complexity index is 987. The van der Waals surface area contributed by atoms with Crippen LogP contribution in [0.2, 0.25) is 0 Å². The fourth-order valence-corrected chi connectivity index (χ4v) is 3.57. The summed E-state index contributed by atoms with van der Waals surface area (Å²) in [6.45, 7) is 0.525. The van der Waals surface area contributed by atoms with Crippen LogP contribution >= 0.6 is 0 Å². The lowest BCUT2D eigenvalue weighted by molar-refractivity contribution is 0.0689. The average molecular weight is 396 g/mol. The van der Waals surface area contributed by atoms with Crippen LogP contribution in [0.15, 0.2) is 36.5 Å². The Hall–Kier alpha value is -2.76. The molecule has 0 spiro atoms. The molecular weight excluding hydrogens is 379 g/mol. The number of hydrogen-bond acceptors (Lipinski definition) is 5. The molecule has 9 nitrogen and oxygen atoms in total. The molecule has 0 bridgehead atoms. The summed E-state index contributed by atoms with van der Waals surface area (Å²) < 4.78 is 37.1. The zero-order chi connectivity index (χ0) is 19.8. The minimum atomic E-state index is -4.28. The largest absolute Gasteiger partial charge is 0.477 e. The van der Waals surface area contributed by atoms with Crippen molar-refractivity contribution < 1.29 is 27.5 Å². The van der Waals surface area contributed by atoms with E-state index in [2.05, 4.69) is 10.6 Å². The fourth-order valence-electron chi connectivity index (χ4n) is 2.91. The number of hydrogen-bond donors (Lipinski definition) is 4. The molecule has 1 saturated heterocycles. The van der Waals surface area contributed by atoms with Crippen molar-refractivity contribution in [1.82, 2.24) is 14.6 Å². The quantitative estimate of drug-likeness (QED) is 0.558. The van der Waals surface area contributed by atoms with Gasteiger partial charge in [-0.15, -0.1) is 0 Å². The summed E-state index contributed by atoms with van der Waals surface area (Å²) in [6, 6.07) is 6.54. The first-order valence-electron chi connectivity index (χ1n) is 7.92. The molecule has 1 aromatic heterocycles. The number of nitrogens with two attached hydrogens (primary N) is 1. The number of carbonyl (C=O) groups excluding carboxylic acids is 1. The van der Waals surface area contributed by atoms with Crippen molar-refractivity contribution >= 4 is 22.1 Å². The Morgan fingerprint density at radius 3 is 2.41 bits per heavy atom. The maximum absolute atomic E-state index is 13.6. The molecule has 1 amide bonds. The molecule has 11 heteroatoms. The highest BCUT2D eigenvalue weighted by Gasteiger charge is 2.28. The van der Waals surface area contributed by atoms with Crippen LogP contribution in [0.1, 0.15) is 20.8 Å². The van der Waals surface area contributed by atoms with Crippen molar-refractivity contribution in [1.29, 1.82) is 0 Å². The van der Waals surface area contributed by atoms with Crippen molar-refractivity contribution in [3.63, 3.8) is 0 Å². The number of nitrogens with one attached hydrogen (secondary N) is 2. The van der Waals surface area contributed by atoms with Gasteiger partial charge in [-0.3, -0.25) is 4.79 Å². The molecule has 2 aromatic rings. The highest BCUT2D eigenvalue weighted by atomic mass is 32.2. The molecule has 2 unspecified atom stereocenters. The second kappa shape index (κ2) is 7.10. The minimum absolute atomic E-state index is 0.132. The van der Waals surface area contributed by atoms with Crippen molar-refractivity contribution in [3.05, 3.63) is 47.8 Å². The van der Waals surface area contributed by atoms with E-state index in [0.717, 1.165) is 6.20 Å². The molecule has 1 fully saturated rings. The van der Waals surface area contributed by atoms with Crippen molar-refractivity contribution in [2.24, 2.45) is 5.14 Å². The summed E-state index contributed by atoms with van der Waals surface area (Å²) >= 11 is 0. The smallest absolute Gasteiger partial charge is 0.354 e. The highest BCUT2D eigenvalue weighted by Crippen LogP contribution is 2.26. The molecule has 0 aliphatic carbocycles. The first-order valence-corrected chi connectivity index (χ1v) is 9.43. The van der Waals surface area contributed by atoms with E-state index >= 15 is 0 Å². The van der Waals surface area contributed by atoms with E-state index in [1.165, 1.54) is 30.3 Å². The van der Waals surface area contributed by atoms with Crippen LogP contribution < -0.4 is 15.8 Å². The predicted molar refractivity (Wildman–Crippen MR) is 94.4 cm³/mol. The Morgan fingerprint density at radius 2 is 1.89 bits per heavy atom. The second-order valence-corrected chi connectivity index (χ2v) is 7.48. The Balaban J connectivity index is 1.87. The van der Waals surface area contributed by atoms with Crippen LogP contribution in [0.3, 0.4) is 0 Å². The lowest BCUT2D eigenvalue weighted by atomic mass is 10.0. The molecule has 2 atom stereocenters. The molecule has 0 saturated carbocycles. The van der Waals surface area contributed by atoms with Gasteiger partial charge < -0.3 is 15.7 Å². The van der Waals surface area contributed by atoms with Gasteiger partial charge >= 0.3 is 16.2 Å². The summed E-state index contributed by atoms with van der Waals surface area (Å²) in [6.07, 6.45) is -0.118. The van der Waals surface area contributed by atoms with Crippen molar-refractivity contribution in [3.8, 4) is 11.1 Å². The maximum Gasteiger partial charge on any atom is 0.354 e. The number of carboxylic acids is 1. The topological polar surface area (TPSA) is 144 Å². The zero-order valence-corrected chi connectivity index (χ0v) is 14.7. The van der Waals surface area contributed by atoms with Gasteiger partial charge in [0.1, 0.15) is 6.17 Å². The normalized spacial score (nSPS) is 19.8. The van der Waals surface area contributed by atoms with Crippen LogP contribution in [0.25, 0.3) is 11.1 Å². The van der Waals surface area contributed by atoms with Gasteiger partial charge in [-0.25, -0.2) is 18.3 Å². The number of rotatable bonds is 5. The molecule has 1 aliphatic heterocycles. The van der Waals surface area contributed by atoms with Crippen LogP contribution in [-0.4, -0.2) is 54.7 Å². The summed E-state index contributed by atoms with van der Waals surface area (Å²) in [7, 11) is -4.28. The van der Waals surface area contributed by atoms with E-state index in [1.54, 1.807) is 0 Å². The first kappa shape index (κ1) is 19.0. The lowest BCUT2D eigenvalue weighted by Gasteiger charge is -2.14. The molecular formula is C16H17FN4O5S. The summed E-state index contributed by atoms with van der Waals surface area (Å²) in [5.74, 6) is -1.92. The minimum Gasteiger partial charge on any atom is -0.477 e. The van der Waals surface area contributed by atoms with Crippen LogP contribution in [0, 0.1) is 0 Å². The van der Waals surface area contributed by atoms with E-state index in [9.17, 15) is 27.5 Å². The third-order valence-electron chi connectivity index (χ3n) is 4.24. The Morgan fingerprint density at radius 1 is 1.22 bits per heavy atom. The number of aromatic carboxylic acids is 1. The van der Waals surface area contributed by atoms with Gasteiger partial charge in [0.25, 0.3) is 5.91 Å². The zero-order valence-electron chi connectivity index (χ0n) is 13.9. The molecule has 5 N–H and O–H groups in total. The van der Waals surface area contributed by atoms with Crippen LogP contribution in [0.4, 0.5) is 4.39 Å². The number of halogens is 1. The second-order valence-electron chi connectivity index (χ2n) is 6.06. The average Bonchev–Trinajstić information content (AvgIpc) is 3.21. The van der Waals surface area contributed by atoms with E-state index < -0.39 is 40.0 Å². The molecule has 3 rings (SSSR count). The summed E-state index contributed by atoms with van der Waals surface area (Å²) in [5, 5.41) is 19.8. The molecule has 0 radical (unpaired) electrons. The lowest BCUT2D eigenvalue weighted by Crippen LogP contribution is -2.41. The van der Waals surface area contributed by atoms with Gasteiger partial charge in [0.2, 0.25) is 0 Å². The van der Waals surface area contributed by atoms with E-state index in [4.69, 9.17) is 5.14 Å². The summed E-state index contributed by atoms with van der Waals surface area (Å²) in [5.41, 5.74) is 0.275. The third kappa shape index (κ3) is 3.84. The van der Waals surface area contributed by atoms with Gasteiger partial charge in [-0.05, 0) is 23.8 Å². The standard InChI is InChI=1S/C16H17FN4O5S/c17-12-7-19-8-13(12)20-15(22)10-3-1-9(2-4-10)11-5-6-21(27(18,25)26)14(11)16(23)24/h1-6,12-13,19H,7-8H2,(H,20,22)(H,23,24)(H2,18,25,26). The fraction of sp³-hybridized carbons (Fsp3) is 0.250. The van der Waals surface area contributed by atoms with Gasteiger partial charge in [0.15, 0.2) is 5.69 Å². The first-order chi connectivity index (χ1) is 12.7. The third-order valence-corrected chi connectivity index (χ3v) is 5.10. The monoisotopic (exact) mass is 396 g/mol. The van der Waals surface area contributed by atoms with E-state index in [-0.39, 0.29) is 17.7 Å². The van der Waals surface area contributed by atoms with Gasteiger partial charge in [0, 0.05) is 30.4 Å². The SMILES string of the molecule is NS(=O)(=O)n1ccc(-c2ccc(C(=O)NC3CNCC3F)cc2)c1C(=O)O. The van der Waals surface area contributed by atoms with E-state index in [1.807, 2.05) is 0 Å². The molecule has 2 heterocycles.